The van der Waals surface area contributed by atoms with Gasteiger partial charge in [-0.05, 0) is 18.2 Å². The van der Waals surface area contributed by atoms with Gasteiger partial charge < -0.3 is 19.9 Å². The van der Waals surface area contributed by atoms with Gasteiger partial charge in [0.05, 0.1) is 13.2 Å². The van der Waals surface area contributed by atoms with Crippen LogP contribution in [0.15, 0.2) is 60.4 Å². The molecule has 1 spiro atoms. The molecule has 0 radical (unpaired) electrons. The Kier molecular flexibility index (Phi) is 3.80. The van der Waals surface area contributed by atoms with Crippen LogP contribution in [0.1, 0.15) is 23.6 Å². The maximum Gasteiger partial charge on any atom is 0.339 e. The lowest BCUT2D eigenvalue weighted by Crippen LogP contribution is -2.51. The maximum absolute atomic E-state index is 12.8. The van der Waals surface area contributed by atoms with E-state index in [2.05, 4.69) is 15.4 Å². The molecule has 3 heterocycles. The van der Waals surface area contributed by atoms with Crippen molar-refractivity contribution in [3.8, 4) is 11.5 Å². The Balaban J connectivity index is 1.71. The summed E-state index contributed by atoms with van der Waals surface area (Å²) in [7, 11) is 1.33. The number of benzene rings is 2. The Bertz CT molecular complexity index is 1140. The number of esters is 1. The van der Waals surface area contributed by atoms with Crippen LogP contribution in [0.25, 0.3) is 6.08 Å². The monoisotopic (exact) mass is 390 g/mol. The standard InChI is InChI=1S/C21H18N4O4/c1-28-19(27)15-10-13-6-2-5-9-18(13)29-21(15)11-16(14-7-3-4-8-17(14)26)24-20-22-12-23-25(20)21/h2-10,12,16,26H,11H2,1H3,(H,22,23,24)/t16-,21-/m0/s1. The number of hydrogen-bond donors (Lipinski definition) is 2. The summed E-state index contributed by atoms with van der Waals surface area (Å²) >= 11 is 0. The Hall–Kier alpha value is -3.81. The van der Waals surface area contributed by atoms with Gasteiger partial charge in [0.25, 0.3) is 0 Å². The fraction of sp³-hybridized carbons (Fsp3) is 0.190. The molecule has 2 N–H and O–H groups in total. The number of para-hydroxylation sites is 2. The second kappa shape index (κ2) is 6.37. The molecule has 0 saturated carbocycles. The summed E-state index contributed by atoms with van der Waals surface area (Å²) in [6.45, 7) is 0. The number of hydrogen-bond acceptors (Lipinski definition) is 7. The summed E-state index contributed by atoms with van der Waals surface area (Å²) in [5.41, 5.74) is 0.490. The second-order valence-electron chi connectivity index (χ2n) is 6.93. The number of methoxy groups -OCH3 is 1. The van der Waals surface area contributed by atoms with E-state index in [1.54, 1.807) is 22.9 Å². The van der Waals surface area contributed by atoms with Gasteiger partial charge in [0.2, 0.25) is 11.7 Å². The van der Waals surface area contributed by atoms with Gasteiger partial charge in [-0.1, -0.05) is 36.4 Å². The Morgan fingerprint density at radius 3 is 2.90 bits per heavy atom. The summed E-state index contributed by atoms with van der Waals surface area (Å²) in [5.74, 6) is 0.685. The van der Waals surface area contributed by atoms with Gasteiger partial charge in [-0.15, -0.1) is 0 Å². The molecule has 8 nitrogen and oxygen atoms in total. The fourth-order valence-electron chi connectivity index (χ4n) is 3.98. The van der Waals surface area contributed by atoms with Gasteiger partial charge in [0.1, 0.15) is 23.4 Å². The molecule has 0 aliphatic carbocycles. The number of ether oxygens (including phenoxy) is 2. The highest BCUT2D eigenvalue weighted by molar-refractivity contribution is 5.96. The van der Waals surface area contributed by atoms with E-state index in [9.17, 15) is 9.90 Å². The molecule has 8 heteroatoms. The van der Waals surface area contributed by atoms with Crippen LogP contribution in [0.5, 0.6) is 11.5 Å². The zero-order valence-corrected chi connectivity index (χ0v) is 15.6. The van der Waals surface area contributed by atoms with E-state index in [0.29, 0.717) is 22.8 Å². The first-order chi connectivity index (χ1) is 14.1. The lowest BCUT2D eigenvalue weighted by atomic mass is 9.86. The number of aromatic hydroxyl groups is 1. The average molecular weight is 390 g/mol. The first-order valence-corrected chi connectivity index (χ1v) is 9.16. The number of carbonyl (C=O) groups excluding carboxylic acids is 1. The van der Waals surface area contributed by atoms with E-state index in [4.69, 9.17) is 9.47 Å². The normalized spacial score (nSPS) is 22.0. The molecule has 0 fully saturated rings. The van der Waals surface area contributed by atoms with Crippen molar-refractivity contribution in [2.24, 2.45) is 0 Å². The molecule has 0 amide bonds. The van der Waals surface area contributed by atoms with E-state index < -0.39 is 11.7 Å². The van der Waals surface area contributed by atoms with Crippen LogP contribution in [-0.2, 0) is 15.3 Å². The highest BCUT2D eigenvalue weighted by Gasteiger charge is 2.52. The van der Waals surface area contributed by atoms with Gasteiger partial charge in [0, 0.05) is 17.5 Å². The van der Waals surface area contributed by atoms with Gasteiger partial charge in [-0.3, -0.25) is 0 Å². The summed E-state index contributed by atoms with van der Waals surface area (Å²) in [5, 5.41) is 18.0. The molecule has 0 saturated heterocycles. The topological polar surface area (TPSA) is 98.5 Å². The van der Waals surface area contributed by atoms with E-state index in [1.165, 1.54) is 13.4 Å². The highest BCUT2D eigenvalue weighted by Crippen LogP contribution is 2.48. The first kappa shape index (κ1) is 17.3. The van der Waals surface area contributed by atoms with Crippen LogP contribution in [0.3, 0.4) is 0 Å². The number of nitrogens with one attached hydrogen (secondary N) is 1. The molecular formula is C21H18N4O4. The Morgan fingerprint density at radius 1 is 1.28 bits per heavy atom. The number of phenolic OH excluding ortho intramolecular Hbond substituents is 1. The molecule has 146 valence electrons. The number of phenols is 1. The van der Waals surface area contributed by atoms with Crippen molar-refractivity contribution in [1.82, 2.24) is 14.8 Å². The zero-order valence-electron chi connectivity index (χ0n) is 15.6. The van der Waals surface area contributed by atoms with E-state index in [-0.39, 0.29) is 18.2 Å². The van der Waals surface area contributed by atoms with Crippen LogP contribution in [0.4, 0.5) is 5.95 Å². The maximum atomic E-state index is 12.8. The van der Waals surface area contributed by atoms with Crippen molar-refractivity contribution < 1.29 is 19.4 Å². The van der Waals surface area contributed by atoms with E-state index in [1.807, 2.05) is 36.4 Å². The predicted octanol–water partition coefficient (Wildman–Crippen LogP) is 2.84. The van der Waals surface area contributed by atoms with Crippen molar-refractivity contribution in [1.29, 1.82) is 0 Å². The van der Waals surface area contributed by atoms with Crippen molar-refractivity contribution >= 4 is 18.0 Å². The number of nitrogens with zero attached hydrogens (tertiary/aromatic N) is 3. The SMILES string of the molecule is COC(=O)C1=Cc2ccccc2O[C@@]12C[C@@H](c1ccccc1O)Nc1ncnn12. The van der Waals surface area contributed by atoms with E-state index >= 15 is 0 Å². The molecule has 0 unspecified atom stereocenters. The summed E-state index contributed by atoms with van der Waals surface area (Å²) < 4.78 is 13.1. The molecule has 5 rings (SSSR count). The van der Waals surface area contributed by atoms with Crippen LogP contribution in [-0.4, -0.2) is 33.0 Å². The second-order valence-corrected chi connectivity index (χ2v) is 6.93. The van der Waals surface area contributed by atoms with Crippen LogP contribution < -0.4 is 10.1 Å². The molecule has 29 heavy (non-hydrogen) atoms. The van der Waals surface area contributed by atoms with Gasteiger partial charge in [-0.2, -0.15) is 14.8 Å². The molecular weight excluding hydrogens is 372 g/mol. The summed E-state index contributed by atoms with van der Waals surface area (Å²) in [6, 6.07) is 14.1. The van der Waals surface area contributed by atoms with Gasteiger partial charge in [-0.25, -0.2) is 4.79 Å². The number of carbonyl (C=O) groups is 1. The van der Waals surface area contributed by atoms with Crippen molar-refractivity contribution in [3.05, 3.63) is 71.6 Å². The summed E-state index contributed by atoms with van der Waals surface area (Å²) in [6.07, 6.45) is 3.45. The largest absolute Gasteiger partial charge is 0.508 e. The molecule has 0 bridgehead atoms. The van der Waals surface area contributed by atoms with Crippen molar-refractivity contribution in [3.63, 3.8) is 0 Å². The lowest BCUT2D eigenvalue weighted by molar-refractivity contribution is -0.140. The molecule has 2 aromatic carbocycles. The molecule has 2 aliphatic rings. The van der Waals surface area contributed by atoms with Crippen LogP contribution in [0, 0.1) is 0 Å². The predicted molar refractivity (Wildman–Crippen MR) is 104 cm³/mol. The van der Waals surface area contributed by atoms with Crippen LogP contribution in [0.2, 0.25) is 0 Å². The minimum atomic E-state index is -1.27. The molecule has 1 aromatic heterocycles. The third kappa shape index (κ3) is 2.56. The molecule has 2 aliphatic heterocycles. The minimum absolute atomic E-state index is 0.146. The average Bonchev–Trinajstić information content (AvgIpc) is 3.22. The number of fused-ring (bicyclic) bond motifs is 3. The number of aromatic nitrogens is 3. The smallest absolute Gasteiger partial charge is 0.339 e. The highest BCUT2D eigenvalue weighted by atomic mass is 16.5. The summed E-state index contributed by atoms with van der Waals surface area (Å²) in [4.78, 5) is 17.1. The Labute approximate surface area is 166 Å². The van der Waals surface area contributed by atoms with E-state index in [0.717, 1.165) is 5.56 Å². The Morgan fingerprint density at radius 2 is 2.07 bits per heavy atom. The quantitative estimate of drug-likeness (QED) is 0.649. The first-order valence-electron chi connectivity index (χ1n) is 9.16. The van der Waals surface area contributed by atoms with Crippen molar-refractivity contribution in [2.75, 3.05) is 12.4 Å². The van der Waals surface area contributed by atoms with Gasteiger partial charge >= 0.3 is 5.97 Å². The zero-order chi connectivity index (χ0) is 20.0. The van der Waals surface area contributed by atoms with Gasteiger partial charge in [0.15, 0.2) is 0 Å². The third-order valence-corrected chi connectivity index (χ3v) is 5.31. The molecule has 2 atom stereocenters. The number of anilines is 1. The minimum Gasteiger partial charge on any atom is -0.508 e. The third-order valence-electron chi connectivity index (χ3n) is 5.31. The number of rotatable bonds is 2. The van der Waals surface area contributed by atoms with Crippen molar-refractivity contribution in [2.45, 2.75) is 18.2 Å². The molecule has 3 aromatic rings. The van der Waals surface area contributed by atoms with Crippen LogP contribution >= 0.6 is 0 Å². The fourth-order valence-corrected chi connectivity index (χ4v) is 3.98. The lowest BCUT2D eigenvalue weighted by Gasteiger charge is -2.44.